The van der Waals surface area contributed by atoms with E-state index in [9.17, 15) is 13.2 Å². The number of sulfonamides is 1. The third-order valence-corrected chi connectivity index (χ3v) is 6.55. The minimum Gasteiger partial charge on any atom is -0.484 e. The zero-order valence-corrected chi connectivity index (χ0v) is 18.7. The van der Waals surface area contributed by atoms with Gasteiger partial charge in [-0.2, -0.15) is 0 Å². The summed E-state index contributed by atoms with van der Waals surface area (Å²) in [5.74, 6) is 0.0297. The molecule has 0 heterocycles. The van der Waals surface area contributed by atoms with Gasteiger partial charge in [0.1, 0.15) is 5.75 Å². The number of aryl methyl sites for hydroxylation is 1. The van der Waals surface area contributed by atoms with E-state index in [4.69, 9.17) is 16.3 Å². The number of hydrogen-bond donors (Lipinski definition) is 2. The molecule has 8 heteroatoms. The molecule has 1 atom stereocenters. The fourth-order valence-corrected chi connectivity index (χ4v) is 4.25. The first-order valence-electron chi connectivity index (χ1n) is 9.61. The Hall–Kier alpha value is -2.87. The third-order valence-electron chi connectivity index (χ3n) is 4.59. The number of rotatable bonds is 8. The number of carbonyl (C=O) groups is 1. The van der Waals surface area contributed by atoms with Crippen LogP contribution in [-0.4, -0.2) is 20.9 Å². The number of anilines is 1. The molecule has 0 aliphatic heterocycles. The second-order valence-electron chi connectivity index (χ2n) is 7.03. The van der Waals surface area contributed by atoms with Crippen LogP contribution in [0, 0.1) is 6.92 Å². The second-order valence-corrected chi connectivity index (χ2v) is 9.15. The summed E-state index contributed by atoms with van der Waals surface area (Å²) in [6.45, 7) is 3.43. The maximum Gasteiger partial charge on any atom is 0.262 e. The number of ether oxygens (including phenoxy) is 1. The lowest BCUT2D eigenvalue weighted by molar-refractivity contribution is -0.118. The largest absolute Gasteiger partial charge is 0.484 e. The van der Waals surface area contributed by atoms with Gasteiger partial charge in [-0.3, -0.25) is 4.79 Å². The van der Waals surface area contributed by atoms with Crippen molar-refractivity contribution in [3.05, 3.63) is 88.9 Å². The van der Waals surface area contributed by atoms with Crippen LogP contribution in [0.5, 0.6) is 5.75 Å². The number of nitrogens with one attached hydrogen (secondary N) is 2. The highest BCUT2D eigenvalue weighted by atomic mass is 35.5. The van der Waals surface area contributed by atoms with Crippen molar-refractivity contribution in [3.63, 3.8) is 0 Å². The van der Waals surface area contributed by atoms with Gasteiger partial charge in [0.25, 0.3) is 5.91 Å². The first kappa shape index (κ1) is 22.8. The smallest absolute Gasteiger partial charge is 0.262 e. The Bertz CT molecular complexity index is 1150. The van der Waals surface area contributed by atoms with Gasteiger partial charge in [0.15, 0.2) is 6.61 Å². The second kappa shape index (κ2) is 9.96. The van der Waals surface area contributed by atoms with E-state index in [1.807, 2.05) is 43.3 Å². The topological polar surface area (TPSA) is 84.5 Å². The molecule has 0 spiro atoms. The summed E-state index contributed by atoms with van der Waals surface area (Å²) in [7, 11) is -3.70. The van der Waals surface area contributed by atoms with Gasteiger partial charge in [-0.1, -0.05) is 48.0 Å². The highest BCUT2D eigenvalue weighted by molar-refractivity contribution is 7.89. The predicted molar refractivity (Wildman–Crippen MR) is 122 cm³/mol. The number of hydrogen-bond acceptors (Lipinski definition) is 4. The highest BCUT2D eigenvalue weighted by Crippen LogP contribution is 2.21. The van der Waals surface area contributed by atoms with E-state index in [0.29, 0.717) is 16.5 Å². The summed E-state index contributed by atoms with van der Waals surface area (Å²) in [6, 6.07) is 20.1. The molecule has 0 unspecified atom stereocenters. The molecule has 3 aromatic rings. The predicted octanol–water partition coefficient (Wildman–Crippen LogP) is 4.71. The van der Waals surface area contributed by atoms with Crippen LogP contribution in [-0.2, 0) is 14.8 Å². The standard InChI is InChI=1S/C23H23ClN2O4S/c1-16-8-9-19(14-22(16)24)25-23(27)15-30-20-10-12-21(13-11-20)31(28,29)26-17(2)18-6-4-3-5-7-18/h3-14,17,26H,15H2,1-2H3,(H,25,27)/t17-/m1/s1. The van der Waals surface area contributed by atoms with Crippen LogP contribution < -0.4 is 14.8 Å². The van der Waals surface area contributed by atoms with Gasteiger partial charge in [0.05, 0.1) is 4.90 Å². The molecule has 1 amide bonds. The molecule has 0 aliphatic carbocycles. The zero-order chi connectivity index (χ0) is 22.4. The molecule has 3 aromatic carbocycles. The van der Waals surface area contributed by atoms with Crippen LogP contribution in [0.1, 0.15) is 24.1 Å². The molecule has 0 saturated carbocycles. The monoisotopic (exact) mass is 458 g/mol. The third kappa shape index (κ3) is 6.30. The normalized spacial score (nSPS) is 12.2. The zero-order valence-electron chi connectivity index (χ0n) is 17.1. The van der Waals surface area contributed by atoms with Crippen molar-refractivity contribution in [3.8, 4) is 5.75 Å². The van der Waals surface area contributed by atoms with Crippen molar-refractivity contribution in [2.75, 3.05) is 11.9 Å². The van der Waals surface area contributed by atoms with Gasteiger partial charge in [0.2, 0.25) is 10.0 Å². The Morgan fingerprint density at radius 2 is 1.71 bits per heavy atom. The van der Waals surface area contributed by atoms with Crippen LogP contribution in [0.2, 0.25) is 5.02 Å². The van der Waals surface area contributed by atoms with Crippen molar-refractivity contribution in [2.24, 2.45) is 0 Å². The van der Waals surface area contributed by atoms with Crippen molar-refractivity contribution >= 4 is 33.2 Å². The maximum atomic E-state index is 12.6. The summed E-state index contributed by atoms with van der Waals surface area (Å²) in [6.07, 6.45) is 0. The number of amides is 1. The average molecular weight is 459 g/mol. The molecule has 0 aliphatic rings. The fourth-order valence-electron chi connectivity index (χ4n) is 2.84. The Labute approximate surface area is 187 Å². The van der Waals surface area contributed by atoms with Crippen LogP contribution in [0.25, 0.3) is 0 Å². The quantitative estimate of drug-likeness (QED) is 0.512. The highest BCUT2D eigenvalue weighted by Gasteiger charge is 2.18. The molecule has 0 aromatic heterocycles. The molecule has 3 rings (SSSR count). The number of carbonyl (C=O) groups excluding carboxylic acids is 1. The number of benzene rings is 3. The van der Waals surface area contributed by atoms with Gasteiger partial charge >= 0.3 is 0 Å². The molecule has 0 radical (unpaired) electrons. The van der Waals surface area contributed by atoms with Crippen LogP contribution in [0.3, 0.4) is 0 Å². The summed E-state index contributed by atoms with van der Waals surface area (Å²) in [5.41, 5.74) is 2.36. The lowest BCUT2D eigenvalue weighted by Gasteiger charge is -2.15. The SMILES string of the molecule is Cc1ccc(NC(=O)COc2ccc(S(=O)(=O)N[C@H](C)c3ccccc3)cc2)cc1Cl. The van der Waals surface area contributed by atoms with E-state index >= 15 is 0 Å². The van der Waals surface area contributed by atoms with Gasteiger partial charge < -0.3 is 10.1 Å². The minimum atomic E-state index is -3.70. The molecule has 0 bridgehead atoms. The molecule has 162 valence electrons. The summed E-state index contributed by atoms with van der Waals surface area (Å²) in [4.78, 5) is 12.2. The summed E-state index contributed by atoms with van der Waals surface area (Å²) < 4.78 is 33.3. The molecule has 0 fully saturated rings. The van der Waals surface area contributed by atoms with E-state index in [1.54, 1.807) is 19.1 Å². The first-order valence-corrected chi connectivity index (χ1v) is 11.5. The van der Waals surface area contributed by atoms with Crippen molar-refractivity contribution in [2.45, 2.75) is 24.8 Å². The molecular weight excluding hydrogens is 436 g/mol. The summed E-state index contributed by atoms with van der Waals surface area (Å²) >= 11 is 6.05. The van der Waals surface area contributed by atoms with E-state index in [1.165, 1.54) is 24.3 Å². The van der Waals surface area contributed by atoms with Crippen molar-refractivity contribution in [1.82, 2.24) is 4.72 Å². The van der Waals surface area contributed by atoms with E-state index < -0.39 is 10.0 Å². The molecule has 0 saturated heterocycles. The van der Waals surface area contributed by atoms with Crippen molar-refractivity contribution in [1.29, 1.82) is 0 Å². The molecule has 6 nitrogen and oxygen atoms in total. The molecule has 2 N–H and O–H groups in total. The fraction of sp³-hybridized carbons (Fsp3) is 0.174. The summed E-state index contributed by atoms with van der Waals surface area (Å²) in [5, 5.41) is 3.26. The van der Waals surface area contributed by atoms with Crippen LogP contribution in [0.15, 0.2) is 77.7 Å². The maximum absolute atomic E-state index is 12.6. The Kier molecular flexibility index (Phi) is 7.33. The lowest BCUT2D eigenvalue weighted by atomic mass is 10.1. The van der Waals surface area contributed by atoms with E-state index in [0.717, 1.165) is 11.1 Å². The minimum absolute atomic E-state index is 0.112. The Morgan fingerprint density at radius 3 is 2.35 bits per heavy atom. The van der Waals surface area contributed by atoms with Crippen LogP contribution >= 0.6 is 11.6 Å². The van der Waals surface area contributed by atoms with Gasteiger partial charge in [-0.25, -0.2) is 13.1 Å². The Morgan fingerprint density at radius 1 is 1.03 bits per heavy atom. The van der Waals surface area contributed by atoms with Crippen LogP contribution in [0.4, 0.5) is 5.69 Å². The van der Waals surface area contributed by atoms with Gasteiger partial charge in [-0.15, -0.1) is 0 Å². The average Bonchev–Trinajstić information content (AvgIpc) is 2.75. The molecule has 31 heavy (non-hydrogen) atoms. The van der Waals surface area contributed by atoms with E-state index in [-0.39, 0.29) is 23.5 Å². The van der Waals surface area contributed by atoms with Gasteiger partial charge in [-0.05, 0) is 61.4 Å². The van der Waals surface area contributed by atoms with Gasteiger partial charge in [0, 0.05) is 16.8 Å². The lowest BCUT2D eigenvalue weighted by Crippen LogP contribution is -2.26. The Balaban J connectivity index is 1.56. The molecular formula is C23H23ClN2O4S. The number of halogens is 1. The van der Waals surface area contributed by atoms with Crippen molar-refractivity contribution < 1.29 is 17.9 Å². The van der Waals surface area contributed by atoms with E-state index in [2.05, 4.69) is 10.0 Å². The first-order chi connectivity index (χ1) is 14.7.